The number of hydrogen-bond acceptors (Lipinski definition) is 2. The Morgan fingerprint density at radius 2 is 2.22 bits per heavy atom. The number of halogens is 1. The van der Waals surface area contributed by atoms with E-state index in [1.54, 1.807) is 24.4 Å². The van der Waals surface area contributed by atoms with Crippen molar-refractivity contribution >= 4 is 0 Å². The average Bonchev–Trinajstić information content (AvgIpc) is 2.80. The third kappa shape index (κ3) is 2.53. The lowest BCUT2D eigenvalue weighted by molar-refractivity contribution is 0.383. The molecule has 0 aliphatic heterocycles. The van der Waals surface area contributed by atoms with Crippen LogP contribution in [0.2, 0.25) is 0 Å². The lowest BCUT2D eigenvalue weighted by Crippen LogP contribution is -2.06. The Bertz CT molecular complexity index is 522. The molecular weight excluding hydrogens is 231 g/mol. The van der Waals surface area contributed by atoms with E-state index < -0.39 is 0 Å². The molecule has 0 saturated carbocycles. The first-order valence-corrected chi connectivity index (χ1v) is 6.07. The highest BCUT2D eigenvalue weighted by molar-refractivity contribution is 5.31. The van der Waals surface area contributed by atoms with Crippen LogP contribution in [-0.2, 0) is 13.0 Å². The van der Waals surface area contributed by atoms with E-state index in [2.05, 4.69) is 11.9 Å². The van der Waals surface area contributed by atoms with Crippen molar-refractivity contribution in [1.29, 1.82) is 0 Å². The fourth-order valence-electron chi connectivity index (χ4n) is 1.96. The molecule has 2 rings (SSSR count). The molecule has 0 saturated heterocycles. The summed E-state index contributed by atoms with van der Waals surface area (Å²) in [6, 6.07) is 5.20. The van der Waals surface area contributed by atoms with Crippen molar-refractivity contribution in [3.63, 3.8) is 0 Å². The maximum Gasteiger partial charge on any atom is 0.170 e. The molecule has 4 heteroatoms. The highest BCUT2D eigenvalue weighted by Crippen LogP contribution is 2.21. The summed E-state index contributed by atoms with van der Waals surface area (Å²) < 4.78 is 21.0. The number of rotatable bonds is 5. The Hall–Kier alpha value is -1.84. The quantitative estimate of drug-likeness (QED) is 0.813. The third-order valence-electron chi connectivity index (χ3n) is 2.88. The number of nitrogens with zero attached hydrogens (tertiary/aromatic N) is 2. The number of benzene rings is 1. The summed E-state index contributed by atoms with van der Waals surface area (Å²) >= 11 is 0. The van der Waals surface area contributed by atoms with E-state index in [0.29, 0.717) is 12.1 Å². The van der Waals surface area contributed by atoms with Crippen molar-refractivity contribution in [2.75, 3.05) is 7.11 Å². The van der Waals surface area contributed by atoms with Gasteiger partial charge in [-0.1, -0.05) is 19.1 Å². The van der Waals surface area contributed by atoms with Crippen LogP contribution in [0.1, 0.15) is 24.7 Å². The Labute approximate surface area is 106 Å². The minimum atomic E-state index is -0.295. The van der Waals surface area contributed by atoms with Gasteiger partial charge in [-0.05, 0) is 12.5 Å². The lowest BCUT2D eigenvalue weighted by atomic mass is 10.2. The van der Waals surface area contributed by atoms with Gasteiger partial charge < -0.3 is 9.30 Å². The van der Waals surface area contributed by atoms with Crippen LogP contribution < -0.4 is 4.74 Å². The zero-order valence-corrected chi connectivity index (χ0v) is 10.7. The number of imidazole rings is 1. The maximum absolute atomic E-state index is 14.0. The van der Waals surface area contributed by atoms with Gasteiger partial charge in [0.25, 0.3) is 0 Å². The van der Waals surface area contributed by atoms with Crippen molar-refractivity contribution in [2.45, 2.75) is 26.3 Å². The SMILES string of the molecule is CCCc1nccn1Cc1cccc(OC)c1F. The van der Waals surface area contributed by atoms with Crippen molar-refractivity contribution in [2.24, 2.45) is 0 Å². The summed E-state index contributed by atoms with van der Waals surface area (Å²) in [7, 11) is 1.47. The summed E-state index contributed by atoms with van der Waals surface area (Å²) in [5.74, 6) is 0.973. The molecule has 0 unspecified atom stereocenters. The van der Waals surface area contributed by atoms with Gasteiger partial charge in [0.1, 0.15) is 5.82 Å². The molecule has 0 aliphatic rings. The van der Waals surface area contributed by atoms with E-state index in [9.17, 15) is 4.39 Å². The van der Waals surface area contributed by atoms with E-state index in [1.165, 1.54) is 7.11 Å². The van der Waals surface area contributed by atoms with E-state index in [0.717, 1.165) is 18.7 Å². The molecule has 1 aromatic heterocycles. The van der Waals surface area contributed by atoms with Crippen LogP contribution >= 0.6 is 0 Å². The number of ether oxygens (including phenoxy) is 1. The van der Waals surface area contributed by atoms with Crippen LogP contribution in [0, 0.1) is 5.82 Å². The molecule has 0 N–H and O–H groups in total. The van der Waals surface area contributed by atoms with Crippen LogP contribution in [-0.4, -0.2) is 16.7 Å². The van der Waals surface area contributed by atoms with E-state index in [4.69, 9.17) is 4.74 Å². The molecule has 0 fully saturated rings. The number of aryl methyl sites for hydroxylation is 1. The standard InChI is InChI=1S/C14H17FN2O/c1-3-5-13-16-8-9-17(13)10-11-6-4-7-12(18-2)14(11)15/h4,6-9H,3,5,10H2,1-2H3. The molecule has 0 bridgehead atoms. The molecule has 0 radical (unpaired) electrons. The predicted octanol–water partition coefficient (Wildman–Crippen LogP) is 3.03. The predicted molar refractivity (Wildman–Crippen MR) is 68.3 cm³/mol. The smallest absolute Gasteiger partial charge is 0.170 e. The molecule has 3 nitrogen and oxygen atoms in total. The van der Waals surface area contributed by atoms with Crippen LogP contribution in [0.4, 0.5) is 4.39 Å². The van der Waals surface area contributed by atoms with Gasteiger partial charge in [0.15, 0.2) is 11.6 Å². The number of methoxy groups -OCH3 is 1. The average molecular weight is 248 g/mol. The summed E-state index contributed by atoms with van der Waals surface area (Å²) in [6.45, 7) is 2.59. The molecule has 0 spiro atoms. The Kier molecular flexibility index (Phi) is 3.97. The highest BCUT2D eigenvalue weighted by Gasteiger charge is 2.10. The summed E-state index contributed by atoms with van der Waals surface area (Å²) in [5, 5.41) is 0. The van der Waals surface area contributed by atoms with Crippen LogP contribution in [0.3, 0.4) is 0 Å². The normalized spacial score (nSPS) is 10.6. The zero-order chi connectivity index (χ0) is 13.0. The maximum atomic E-state index is 14.0. The largest absolute Gasteiger partial charge is 0.494 e. The van der Waals surface area contributed by atoms with Crippen molar-refractivity contribution in [3.8, 4) is 5.75 Å². The summed E-state index contributed by atoms with van der Waals surface area (Å²) in [5.41, 5.74) is 0.615. The molecule has 1 aromatic carbocycles. The van der Waals surface area contributed by atoms with Crippen LogP contribution in [0.25, 0.3) is 0 Å². The van der Waals surface area contributed by atoms with Crippen molar-refractivity contribution < 1.29 is 9.13 Å². The minimum Gasteiger partial charge on any atom is -0.494 e. The van der Waals surface area contributed by atoms with E-state index in [-0.39, 0.29) is 11.6 Å². The second-order valence-corrected chi connectivity index (χ2v) is 4.15. The zero-order valence-electron chi connectivity index (χ0n) is 10.7. The lowest BCUT2D eigenvalue weighted by Gasteiger charge is -2.10. The molecular formula is C14H17FN2O. The third-order valence-corrected chi connectivity index (χ3v) is 2.88. The van der Waals surface area contributed by atoms with Gasteiger partial charge in [0.2, 0.25) is 0 Å². The molecule has 1 heterocycles. The van der Waals surface area contributed by atoms with Gasteiger partial charge in [-0.3, -0.25) is 0 Å². The van der Waals surface area contributed by atoms with Gasteiger partial charge in [-0.25, -0.2) is 9.37 Å². The first-order valence-electron chi connectivity index (χ1n) is 6.07. The molecule has 0 atom stereocenters. The van der Waals surface area contributed by atoms with Gasteiger partial charge in [0.05, 0.1) is 13.7 Å². The molecule has 0 aliphatic carbocycles. The fourth-order valence-corrected chi connectivity index (χ4v) is 1.96. The van der Waals surface area contributed by atoms with Gasteiger partial charge in [-0.15, -0.1) is 0 Å². The second kappa shape index (κ2) is 5.67. The van der Waals surface area contributed by atoms with E-state index >= 15 is 0 Å². The number of hydrogen-bond donors (Lipinski definition) is 0. The fraction of sp³-hybridized carbons (Fsp3) is 0.357. The number of aromatic nitrogens is 2. The topological polar surface area (TPSA) is 27.1 Å². The second-order valence-electron chi connectivity index (χ2n) is 4.15. The summed E-state index contributed by atoms with van der Waals surface area (Å²) in [4.78, 5) is 4.28. The molecule has 96 valence electrons. The van der Waals surface area contributed by atoms with Gasteiger partial charge in [-0.2, -0.15) is 0 Å². The first kappa shape index (κ1) is 12.6. The van der Waals surface area contributed by atoms with E-state index in [1.807, 2.05) is 10.8 Å². The molecule has 2 aromatic rings. The minimum absolute atomic E-state index is 0.282. The Balaban J connectivity index is 2.25. The van der Waals surface area contributed by atoms with Gasteiger partial charge >= 0.3 is 0 Å². The first-order chi connectivity index (χ1) is 8.76. The monoisotopic (exact) mass is 248 g/mol. The Morgan fingerprint density at radius 1 is 1.39 bits per heavy atom. The van der Waals surface area contributed by atoms with Crippen LogP contribution in [0.5, 0.6) is 5.75 Å². The molecule has 0 amide bonds. The van der Waals surface area contributed by atoms with Crippen molar-refractivity contribution in [3.05, 3.63) is 47.8 Å². The highest BCUT2D eigenvalue weighted by atomic mass is 19.1. The van der Waals surface area contributed by atoms with Gasteiger partial charge in [0, 0.05) is 24.4 Å². The molecule has 18 heavy (non-hydrogen) atoms. The van der Waals surface area contributed by atoms with Crippen molar-refractivity contribution in [1.82, 2.24) is 9.55 Å². The van der Waals surface area contributed by atoms with Crippen LogP contribution in [0.15, 0.2) is 30.6 Å². The Morgan fingerprint density at radius 3 is 2.94 bits per heavy atom. The summed E-state index contributed by atoms with van der Waals surface area (Å²) in [6.07, 6.45) is 5.56.